The van der Waals surface area contributed by atoms with Crippen LogP contribution in [0.1, 0.15) is 18.5 Å². The van der Waals surface area contributed by atoms with Gasteiger partial charge in [-0.05, 0) is 18.6 Å². The Morgan fingerprint density at radius 2 is 2.12 bits per heavy atom. The van der Waals surface area contributed by atoms with E-state index in [1.807, 2.05) is 0 Å². The summed E-state index contributed by atoms with van der Waals surface area (Å²) in [6.45, 7) is 1.74. The lowest BCUT2D eigenvalue weighted by Crippen LogP contribution is -2.45. The molecule has 3 N–H and O–H groups in total. The molecule has 1 unspecified atom stereocenters. The SMILES string of the molecule is COCCOC(=O)C1=C(C)NC(=O)NC1c1ccc(O)c([N+](=O)[O-])c1. The molecule has 0 fully saturated rings. The number of allylic oxidation sites excluding steroid dienone is 1. The highest BCUT2D eigenvalue weighted by molar-refractivity contribution is 5.95. The maximum absolute atomic E-state index is 12.3. The molecule has 0 bridgehead atoms. The monoisotopic (exact) mass is 351 g/mol. The molecule has 1 heterocycles. The van der Waals surface area contributed by atoms with Gasteiger partial charge in [0.2, 0.25) is 0 Å². The lowest BCUT2D eigenvalue weighted by molar-refractivity contribution is -0.385. The number of esters is 1. The summed E-state index contributed by atoms with van der Waals surface area (Å²) in [6.07, 6.45) is 0. The van der Waals surface area contributed by atoms with Crippen LogP contribution in [0, 0.1) is 10.1 Å². The molecule has 10 heteroatoms. The Bertz CT molecular complexity index is 745. The minimum Gasteiger partial charge on any atom is -0.502 e. The molecular formula is C15H17N3O7. The third-order valence-corrected chi connectivity index (χ3v) is 3.54. The molecule has 1 aliphatic rings. The lowest BCUT2D eigenvalue weighted by atomic mass is 9.95. The van der Waals surface area contributed by atoms with Gasteiger partial charge in [0.25, 0.3) is 0 Å². The normalized spacial score (nSPS) is 16.9. The van der Waals surface area contributed by atoms with E-state index in [1.165, 1.54) is 20.1 Å². The molecule has 10 nitrogen and oxygen atoms in total. The maximum Gasteiger partial charge on any atom is 0.338 e. The first kappa shape index (κ1) is 18.2. The van der Waals surface area contributed by atoms with Crippen LogP contribution in [-0.4, -0.2) is 42.4 Å². The third-order valence-electron chi connectivity index (χ3n) is 3.54. The second kappa shape index (κ2) is 7.62. The number of methoxy groups -OCH3 is 1. The zero-order valence-corrected chi connectivity index (χ0v) is 13.6. The van der Waals surface area contributed by atoms with Gasteiger partial charge in [0.05, 0.1) is 23.1 Å². The van der Waals surface area contributed by atoms with Gasteiger partial charge < -0.3 is 25.2 Å². The molecule has 0 radical (unpaired) electrons. The number of aromatic hydroxyl groups is 1. The summed E-state index contributed by atoms with van der Waals surface area (Å²) in [5, 5.41) is 25.6. The van der Waals surface area contributed by atoms with E-state index in [0.717, 1.165) is 12.1 Å². The number of nitro benzene ring substituents is 1. The fourth-order valence-electron chi connectivity index (χ4n) is 2.38. The number of hydrogen-bond acceptors (Lipinski definition) is 7. The molecule has 0 aliphatic carbocycles. The van der Waals surface area contributed by atoms with Crippen LogP contribution < -0.4 is 10.6 Å². The predicted molar refractivity (Wildman–Crippen MR) is 84.7 cm³/mol. The summed E-state index contributed by atoms with van der Waals surface area (Å²) in [4.78, 5) is 34.4. The number of nitro groups is 1. The first-order valence-electron chi connectivity index (χ1n) is 7.26. The number of nitrogens with zero attached hydrogens (tertiary/aromatic N) is 1. The van der Waals surface area contributed by atoms with E-state index in [0.29, 0.717) is 0 Å². The zero-order valence-electron chi connectivity index (χ0n) is 13.6. The summed E-state index contributed by atoms with van der Waals surface area (Å²) in [5.41, 5.74) is 0.106. The Morgan fingerprint density at radius 1 is 1.40 bits per heavy atom. The van der Waals surface area contributed by atoms with Crippen molar-refractivity contribution >= 4 is 17.7 Å². The van der Waals surface area contributed by atoms with Crippen molar-refractivity contribution in [2.45, 2.75) is 13.0 Å². The van der Waals surface area contributed by atoms with Crippen LogP contribution in [0.25, 0.3) is 0 Å². The number of carbonyl (C=O) groups excluding carboxylic acids is 2. The van der Waals surface area contributed by atoms with Crippen LogP contribution in [0.2, 0.25) is 0 Å². The van der Waals surface area contributed by atoms with Gasteiger partial charge >= 0.3 is 17.7 Å². The van der Waals surface area contributed by atoms with Crippen LogP contribution in [-0.2, 0) is 14.3 Å². The third kappa shape index (κ3) is 4.04. The minimum absolute atomic E-state index is 0.0164. The lowest BCUT2D eigenvalue weighted by Gasteiger charge is -2.28. The quantitative estimate of drug-likeness (QED) is 0.302. The fraction of sp³-hybridized carbons (Fsp3) is 0.333. The Balaban J connectivity index is 2.40. The Labute approximate surface area is 142 Å². The van der Waals surface area contributed by atoms with Crippen LogP contribution in [0.15, 0.2) is 29.5 Å². The molecule has 1 aromatic carbocycles. The first-order chi connectivity index (χ1) is 11.8. The van der Waals surface area contributed by atoms with E-state index in [4.69, 9.17) is 9.47 Å². The summed E-state index contributed by atoms with van der Waals surface area (Å²) in [7, 11) is 1.46. The topological polar surface area (TPSA) is 140 Å². The van der Waals surface area contributed by atoms with Gasteiger partial charge in [-0.1, -0.05) is 6.07 Å². The molecule has 0 spiro atoms. The molecular weight excluding hydrogens is 334 g/mol. The second-order valence-electron chi connectivity index (χ2n) is 5.20. The number of phenols is 1. The summed E-state index contributed by atoms with van der Waals surface area (Å²) >= 11 is 0. The number of nitrogens with one attached hydrogen (secondary N) is 2. The minimum atomic E-state index is -0.955. The van der Waals surface area contributed by atoms with Crippen LogP contribution in [0.3, 0.4) is 0 Å². The maximum atomic E-state index is 12.3. The highest BCUT2D eigenvalue weighted by Crippen LogP contribution is 2.33. The van der Waals surface area contributed by atoms with Crippen LogP contribution in [0.5, 0.6) is 5.75 Å². The van der Waals surface area contributed by atoms with E-state index in [1.54, 1.807) is 0 Å². The van der Waals surface area contributed by atoms with Crippen molar-refractivity contribution in [2.24, 2.45) is 0 Å². The number of amides is 2. The van der Waals surface area contributed by atoms with Crippen molar-refractivity contribution in [1.29, 1.82) is 0 Å². The molecule has 2 rings (SSSR count). The fourth-order valence-corrected chi connectivity index (χ4v) is 2.38. The first-order valence-corrected chi connectivity index (χ1v) is 7.26. The van der Waals surface area contributed by atoms with Crippen molar-refractivity contribution in [3.63, 3.8) is 0 Å². The summed E-state index contributed by atoms with van der Waals surface area (Å²) < 4.78 is 9.89. The average molecular weight is 351 g/mol. The van der Waals surface area contributed by atoms with Gasteiger partial charge in [0.1, 0.15) is 6.61 Å². The van der Waals surface area contributed by atoms with E-state index < -0.39 is 34.4 Å². The molecule has 1 aromatic rings. The number of phenolic OH excluding ortho intramolecular Hbond substituents is 1. The Morgan fingerprint density at radius 3 is 2.76 bits per heavy atom. The van der Waals surface area contributed by atoms with Gasteiger partial charge in [0, 0.05) is 18.9 Å². The molecule has 2 amide bonds. The molecule has 0 saturated heterocycles. The molecule has 0 saturated carbocycles. The molecule has 0 aromatic heterocycles. The number of benzene rings is 1. The van der Waals surface area contributed by atoms with Crippen molar-refractivity contribution in [3.05, 3.63) is 45.1 Å². The van der Waals surface area contributed by atoms with Gasteiger partial charge in [-0.25, -0.2) is 9.59 Å². The number of urea groups is 1. The van der Waals surface area contributed by atoms with Crippen molar-refractivity contribution in [2.75, 3.05) is 20.3 Å². The number of rotatable bonds is 6. The zero-order chi connectivity index (χ0) is 18.6. The highest BCUT2D eigenvalue weighted by atomic mass is 16.6. The Kier molecular flexibility index (Phi) is 5.55. The molecule has 134 valence electrons. The molecule has 25 heavy (non-hydrogen) atoms. The molecule has 1 aliphatic heterocycles. The highest BCUT2D eigenvalue weighted by Gasteiger charge is 2.33. The van der Waals surface area contributed by atoms with Crippen molar-refractivity contribution < 1.29 is 29.1 Å². The average Bonchev–Trinajstić information content (AvgIpc) is 2.54. The number of carbonyl (C=O) groups is 2. The van der Waals surface area contributed by atoms with E-state index in [-0.39, 0.29) is 30.0 Å². The largest absolute Gasteiger partial charge is 0.502 e. The summed E-state index contributed by atoms with van der Waals surface area (Å²) in [6, 6.07) is 2.09. The number of hydrogen-bond donors (Lipinski definition) is 3. The van der Waals surface area contributed by atoms with Gasteiger partial charge in [0.15, 0.2) is 5.75 Å². The van der Waals surface area contributed by atoms with E-state index in [2.05, 4.69) is 10.6 Å². The van der Waals surface area contributed by atoms with Crippen molar-refractivity contribution in [3.8, 4) is 5.75 Å². The van der Waals surface area contributed by atoms with E-state index >= 15 is 0 Å². The van der Waals surface area contributed by atoms with Crippen LogP contribution >= 0.6 is 0 Å². The smallest absolute Gasteiger partial charge is 0.338 e. The van der Waals surface area contributed by atoms with Crippen LogP contribution in [0.4, 0.5) is 10.5 Å². The Hall–Kier alpha value is -3.14. The number of ether oxygens (including phenoxy) is 2. The predicted octanol–water partition coefficient (Wildman–Crippen LogP) is 1.12. The van der Waals surface area contributed by atoms with Crippen molar-refractivity contribution in [1.82, 2.24) is 10.6 Å². The van der Waals surface area contributed by atoms with Gasteiger partial charge in [-0.15, -0.1) is 0 Å². The molecule has 1 atom stereocenters. The van der Waals surface area contributed by atoms with Gasteiger partial charge in [-0.3, -0.25) is 10.1 Å². The van der Waals surface area contributed by atoms with Gasteiger partial charge in [-0.2, -0.15) is 0 Å². The standard InChI is InChI=1S/C15H17N3O7/c1-8-12(14(20)25-6-5-24-2)13(17-15(21)16-8)9-3-4-11(19)10(7-9)18(22)23/h3-4,7,13,19H,5-6H2,1-2H3,(H2,16,17,21). The summed E-state index contributed by atoms with van der Waals surface area (Å²) in [5.74, 6) is -1.21. The second-order valence-corrected chi connectivity index (χ2v) is 5.20. The van der Waals surface area contributed by atoms with E-state index in [9.17, 15) is 24.8 Å².